The molecule has 0 saturated carbocycles. The molecule has 0 fully saturated rings. The molecule has 2 N–H and O–H groups in total. The third-order valence-corrected chi connectivity index (χ3v) is 4.63. The summed E-state index contributed by atoms with van der Waals surface area (Å²) in [5.74, 6) is -1.96. The average molecular weight is 483 g/mol. The smallest absolute Gasteiger partial charge is 0.461 e. The van der Waals surface area contributed by atoms with E-state index in [1.54, 1.807) is 6.92 Å². The van der Waals surface area contributed by atoms with Crippen LogP contribution in [-0.4, -0.2) is 47.5 Å². The lowest BCUT2D eigenvalue weighted by Crippen LogP contribution is -2.41. The van der Waals surface area contributed by atoms with Gasteiger partial charge in [-0.25, -0.2) is 4.79 Å². The van der Waals surface area contributed by atoms with Gasteiger partial charge in [-0.3, -0.25) is 0 Å². The molecule has 0 aliphatic carbocycles. The van der Waals surface area contributed by atoms with E-state index in [0.717, 1.165) is 17.0 Å². The first-order chi connectivity index (χ1) is 15.3. The molecular formula is C21H20F7NO4. The van der Waals surface area contributed by atoms with E-state index in [4.69, 9.17) is 0 Å². The standard InChI is InChI=1S/C21H20F7NO4/c1-2-14-15(18(31)32)7-4-8-16(14)29(11-17(30)20(24,25)26)10-12-5-3-6-13(9-12)33-21(27,28)19(22)23/h3-9,17,19,30H,2,10-11H2,1H3,(H,31,32). The van der Waals surface area contributed by atoms with Crippen molar-refractivity contribution in [2.75, 3.05) is 11.4 Å². The van der Waals surface area contributed by atoms with Crippen LogP contribution in [0.3, 0.4) is 0 Å². The van der Waals surface area contributed by atoms with Gasteiger partial charge in [0.15, 0.2) is 6.10 Å². The normalized spacial score (nSPS) is 13.2. The summed E-state index contributed by atoms with van der Waals surface area (Å²) < 4.78 is 94.4. The van der Waals surface area contributed by atoms with Crippen LogP contribution < -0.4 is 9.64 Å². The molecule has 5 nitrogen and oxygen atoms in total. The Morgan fingerprint density at radius 2 is 1.73 bits per heavy atom. The topological polar surface area (TPSA) is 70.0 Å². The summed E-state index contributed by atoms with van der Waals surface area (Å²) in [5.41, 5.74) is 0.200. The number of carboxylic acids is 1. The summed E-state index contributed by atoms with van der Waals surface area (Å²) in [6.45, 7) is 0.184. The lowest BCUT2D eigenvalue weighted by Gasteiger charge is -2.30. The monoisotopic (exact) mass is 483 g/mol. The average Bonchev–Trinajstić information content (AvgIpc) is 2.71. The maximum atomic E-state index is 13.2. The van der Waals surface area contributed by atoms with Gasteiger partial charge in [0.2, 0.25) is 0 Å². The van der Waals surface area contributed by atoms with Crippen molar-refractivity contribution < 1.29 is 50.5 Å². The molecule has 33 heavy (non-hydrogen) atoms. The highest BCUT2D eigenvalue weighted by Crippen LogP contribution is 2.31. The Kier molecular flexibility index (Phi) is 8.17. The van der Waals surface area contributed by atoms with Crippen LogP contribution in [0.25, 0.3) is 0 Å². The van der Waals surface area contributed by atoms with Crippen LogP contribution in [0.4, 0.5) is 36.4 Å². The van der Waals surface area contributed by atoms with E-state index in [0.29, 0.717) is 0 Å². The lowest BCUT2D eigenvalue weighted by molar-refractivity contribution is -0.253. The van der Waals surface area contributed by atoms with Crippen molar-refractivity contribution in [1.82, 2.24) is 0 Å². The first kappa shape index (κ1) is 26.2. The molecule has 0 bridgehead atoms. The minimum atomic E-state index is -4.99. The molecule has 2 aromatic carbocycles. The van der Waals surface area contributed by atoms with Crippen LogP contribution in [0, 0.1) is 0 Å². The van der Waals surface area contributed by atoms with Gasteiger partial charge in [0, 0.05) is 12.2 Å². The van der Waals surface area contributed by atoms with Crippen LogP contribution >= 0.6 is 0 Å². The molecule has 0 aliphatic rings. The van der Waals surface area contributed by atoms with E-state index in [1.165, 1.54) is 30.3 Å². The number of rotatable bonds is 10. The second-order valence-electron chi connectivity index (χ2n) is 7.01. The SMILES string of the molecule is CCc1c(C(=O)O)cccc1N(Cc1cccc(OC(F)(F)C(F)F)c1)CC(O)C(F)(F)F. The minimum absolute atomic E-state index is 0.0740. The zero-order valence-corrected chi connectivity index (χ0v) is 17.1. The van der Waals surface area contributed by atoms with Gasteiger partial charge in [0.05, 0.1) is 12.1 Å². The van der Waals surface area contributed by atoms with Crippen molar-refractivity contribution in [2.45, 2.75) is 44.7 Å². The number of aliphatic hydroxyl groups excluding tert-OH is 1. The molecule has 2 aromatic rings. The van der Waals surface area contributed by atoms with Crippen molar-refractivity contribution >= 4 is 11.7 Å². The number of carboxylic acid groups (broad SMARTS) is 1. The maximum Gasteiger partial charge on any atom is 0.461 e. The third kappa shape index (κ3) is 6.73. The largest absolute Gasteiger partial charge is 0.478 e. The molecule has 0 aromatic heterocycles. The second kappa shape index (κ2) is 10.3. The number of ether oxygens (including phenoxy) is 1. The first-order valence-corrected chi connectivity index (χ1v) is 9.55. The Bertz CT molecular complexity index is 966. The molecular weight excluding hydrogens is 463 g/mol. The Balaban J connectivity index is 2.46. The molecule has 0 saturated heterocycles. The van der Waals surface area contributed by atoms with Gasteiger partial charge in [-0.05, 0) is 41.8 Å². The predicted molar refractivity (Wildman–Crippen MR) is 104 cm³/mol. The summed E-state index contributed by atoms with van der Waals surface area (Å²) in [6, 6.07) is 8.36. The number of alkyl halides is 7. The van der Waals surface area contributed by atoms with E-state index in [2.05, 4.69) is 4.74 Å². The fraction of sp³-hybridized carbons (Fsp3) is 0.381. The number of benzene rings is 2. The van der Waals surface area contributed by atoms with Gasteiger partial charge in [-0.15, -0.1) is 0 Å². The number of nitrogens with zero attached hydrogens (tertiary/aromatic N) is 1. The lowest BCUT2D eigenvalue weighted by atomic mass is 10.0. The number of hydrogen-bond acceptors (Lipinski definition) is 4. The summed E-state index contributed by atoms with van der Waals surface area (Å²) in [7, 11) is 0. The van der Waals surface area contributed by atoms with Crippen molar-refractivity contribution in [2.24, 2.45) is 0 Å². The maximum absolute atomic E-state index is 13.2. The van der Waals surface area contributed by atoms with E-state index < -0.39 is 49.6 Å². The summed E-state index contributed by atoms with van der Waals surface area (Å²) in [6.07, 6.45) is -16.6. The number of aliphatic hydroxyl groups is 1. The highest BCUT2D eigenvalue weighted by atomic mass is 19.4. The van der Waals surface area contributed by atoms with Crippen LogP contribution in [0.2, 0.25) is 0 Å². The highest BCUT2D eigenvalue weighted by molar-refractivity contribution is 5.91. The van der Waals surface area contributed by atoms with Gasteiger partial charge in [0.25, 0.3) is 0 Å². The van der Waals surface area contributed by atoms with Crippen molar-refractivity contribution in [3.8, 4) is 5.75 Å². The fourth-order valence-electron chi connectivity index (χ4n) is 3.13. The third-order valence-electron chi connectivity index (χ3n) is 4.63. The van der Waals surface area contributed by atoms with Gasteiger partial charge < -0.3 is 19.8 Å². The molecule has 1 atom stereocenters. The quantitative estimate of drug-likeness (QED) is 0.460. The number of anilines is 1. The first-order valence-electron chi connectivity index (χ1n) is 9.55. The molecule has 0 radical (unpaired) electrons. The Labute approximate surface area is 184 Å². The zero-order valence-electron chi connectivity index (χ0n) is 17.1. The molecule has 12 heteroatoms. The molecule has 0 heterocycles. The van der Waals surface area contributed by atoms with E-state index >= 15 is 0 Å². The van der Waals surface area contributed by atoms with Gasteiger partial charge in [-0.2, -0.15) is 30.7 Å². The molecule has 182 valence electrons. The summed E-state index contributed by atoms with van der Waals surface area (Å²) >= 11 is 0. The number of carbonyl (C=O) groups is 1. The van der Waals surface area contributed by atoms with Crippen molar-refractivity contribution in [3.63, 3.8) is 0 Å². The van der Waals surface area contributed by atoms with Gasteiger partial charge in [-0.1, -0.05) is 25.1 Å². The fourth-order valence-corrected chi connectivity index (χ4v) is 3.13. The molecule has 0 spiro atoms. The summed E-state index contributed by atoms with van der Waals surface area (Å²) in [4.78, 5) is 12.6. The minimum Gasteiger partial charge on any atom is -0.478 e. The molecule has 2 rings (SSSR count). The zero-order chi connectivity index (χ0) is 25.0. The molecule has 1 unspecified atom stereocenters. The van der Waals surface area contributed by atoms with Crippen LogP contribution in [0.15, 0.2) is 42.5 Å². The van der Waals surface area contributed by atoms with Gasteiger partial charge in [0.1, 0.15) is 5.75 Å². The summed E-state index contributed by atoms with van der Waals surface area (Å²) in [5, 5.41) is 19.0. The van der Waals surface area contributed by atoms with E-state index in [-0.39, 0.29) is 28.8 Å². The predicted octanol–water partition coefficient (Wildman–Crippen LogP) is 5.11. The number of hydrogen-bond donors (Lipinski definition) is 2. The Hall–Kier alpha value is -3.02. The Morgan fingerprint density at radius 3 is 2.27 bits per heavy atom. The number of halogens is 7. The van der Waals surface area contributed by atoms with Crippen LogP contribution in [0.1, 0.15) is 28.4 Å². The van der Waals surface area contributed by atoms with E-state index in [1.807, 2.05) is 0 Å². The molecule has 0 amide bonds. The van der Waals surface area contributed by atoms with Crippen molar-refractivity contribution in [3.05, 3.63) is 59.2 Å². The van der Waals surface area contributed by atoms with Gasteiger partial charge >= 0.3 is 24.7 Å². The van der Waals surface area contributed by atoms with Crippen molar-refractivity contribution in [1.29, 1.82) is 0 Å². The highest BCUT2D eigenvalue weighted by Gasteiger charge is 2.44. The van der Waals surface area contributed by atoms with Crippen LogP contribution in [0.5, 0.6) is 5.75 Å². The second-order valence-corrected chi connectivity index (χ2v) is 7.01. The molecule has 0 aliphatic heterocycles. The van der Waals surface area contributed by atoms with E-state index in [9.17, 15) is 45.7 Å². The number of aromatic carboxylic acids is 1. The Morgan fingerprint density at radius 1 is 1.09 bits per heavy atom. The van der Waals surface area contributed by atoms with Crippen LogP contribution in [-0.2, 0) is 13.0 Å².